The third-order valence-electron chi connectivity index (χ3n) is 4.07. The van der Waals surface area contributed by atoms with Gasteiger partial charge < -0.3 is 0 Å². The molecule has 148 valence electrons. The number of hydrogen-bond donors (Lipinski definition) is 0. The molecule has 0 aliphatic carbocycles. The van der Waals surface area contributed by atoms with Crippen molar-refractivity contribution in [1.29, 1.82) is 0 Å². The van der Waals surface area contributed by atoms with Gasteiger partial charge >= 0.3 is 23.1 Å². The molecular weight excluding hydrogens is 404 g/mol. The fourth-order valence-electron chi connectivity index (χ4n) is 2.59. The number of alkyl halides is 9. The van der Waals surface area contributed by atoms with Crippen LogP contribution in [0.15, 0.2) is 60.7 Å². The molecule has 0 saturated carbocycles. The molecule has 0 heterocycles. The van der Waals surface area contributed by atoms with Crippen LogP contribution in [-0.2, 0) is 0 Å². The quantitative estimate of drug-likeness (QED) is 0.338. The summed E-state index contributed by atoms with van der Waals surface area (Å²) in [4.78, 5) is 0. The normalized spacial score (nSPS) is 13.9. The summed E-state index contributed by atoms with van der Waals surface area (Å²) in [6, 6.07) is 14.3. The molecule has 0 amide bonds. The van der Waals surface area contributed by atoms with Crippen LogP contribution >= 0.6 is 11.6 Å². The van der Waals surface area contributed by atoms with E-state index in [0.717, 1.165) is 0 Å². The molecule has 0 radical (unpaired) electrons. The first kappa shape index (κ1) is 21.5. The Hall–Kier alpha value is -1.83. The number of hydrogen-bond acceptors (Lipinski definition) is 0. The van der Waals surface area contributed by atoms with Crippen LogP contribution in [0, 0.1) is 0 Å². The Bertz CT molecular complexity index is 701. The van der Waals surface area contributed by atoms with Gasteiger partial charge in [-0.05, 0) is 22.7 Å². The largest absolute Gasteiger partial charge is 0.392 e. The van der Waals surface area contributed by atoms with E-state index in [0.29, 0.717) is 0 Å². The van der Waals surface area contributed by atoms with Gasteiger partial charge in [0.25, 0.3) is 0 Å². The van der Waals surface area contributed by atoms with Crippen molar-refractivity contribution in [2.75, 3.05) is 0 Å². The summed E-state index contributed by atoms with van der Waals surface area (Å²) < 4.78 is 108. The Morgan fingerprint density at radius 3 is 1.33 bits per heavy atom. The van der Waals surface area contributed by atoms with Crippen molar-refractivity contribution in [3.05, 3.63) is 71.8 Å². The van der Waals surface area contributed by atoms with Crippen molar-refractivity contribution in [1.82, 2.24) is 0 Å². The van der Waals surface area contributed by atoms with E-state index in [-0.39, 0.29) is 11.1 Å². The average molecular weight is 417 g/mol. The molecule has 0 aliphatic heterocycles. The zero-order chi connectivity index (χ0) is 20.5. The minimum atomic E-state index is -6.46. The predicted molar refractivity (Wildman–Crippen MR) is 85.0 cm³/mol. The van der Waals surface area contributed by atoms with E-state index in [4.69, 9.17) is 0 Å². The van der Waals surface area contributed by atoms with Crippen LogP contribution in [0.2, 0.25) is 0 Å². The van der Waals surface area contributed by atoms with Crippen LogP contribution in [0.4, 0.5) is 35.1 Å². The minimum Gasteiger partial charge on any atom is -0.200 e. The summed E-state index contributed by atoms with van der Waals surface area (Å²) in [5, 5.41) is -5.85. The van der Waals surface area contributed by atoms with Gasteiger partial charge in [0.1, 0.15) is 0 Å². The molecule has 2 aromatic rings. The second-order valence-electron chi connectivity index (χ2n) is 5.93. The first-order valence-electron chi connectivity index (χ1n) is 7.61. The van der Waals surface area contributed by atoms with Gasteiger partial charge in [-0.15, -0.1) is 0 Å². The van der Waals surface area contributed by atoms with Gasteiger partial charge in [0.05, 0.1) is 0 Å². The van der Waals surface area contributed by atoms with Crippen LogP contribution in [0.3, 0.4) is 0 Å². The monoisotopic (exact) mass is 416 g/mol. The zero-order valence-electron chi connectivity index (χ0n) is 13.5. The smallest absolute Gasteiger partial charge is 0.200 e. The van der Waals surface area contributed by atoms with Crippen molar-refractivity contribution >= 4 is 11.6 Å². The van der Waals surface area contributed by atoms with E-state index in [1.165, 1.54) is 48.5 Å². The molecule has 0 atom stereocenters. The zero-order valence-corrected chi connectivity index (χ0v) is 14.2. The Labute approximate surface area is 154 Å². The topological polar surface area (TPSA) is 0 Å². The van der Waals surface area contributed by atoms with Crippen LogP contribution < -0.4 is 0 Å². The molecule has 2 rings (SSSR count). The maximum Gasteiger partial charge on any atom is 0.392 e. The van der Waals surface area contributed by atoms with Crippen LogP contribution in [0.1, 0.15) is 23.5 Å². The van der Waals surface area contributed by atoms with Crippen molar-refractivity contribution < 1.29 is 35.1 Å². The van der Waals surface area contributed by atoms with Crippen molar-refractivity contribution in [2.45, 2.75) is 35.5 Å². The van der Waals surface area contributed by atoms with Gasteiger partial charge in [0.15, 0.2) is 0 Å². The molecule has 0 aromatic heterocycles. The van der Waals surface area contributed by atoms with Crippen LogP contribution in [0.25, 0.3) is 0 Å². The first-order chi connectivity index (χ1) is 12.3. The Balaban J connectivity index is 2.47. The lowest BCUT2D eigenvalue weighted by atomic mass is 9.84. The summed E-state index contributed by atoms with van der Waals surface area (Å²) in [6.45, 7) is 0. The van der Waals surface area contributed by atoms with Crippen LogP contribution in [0.5, 0.6) is 0 Å². The fraction of sp³-hybridized carbons (Fsp3) is 0.333. The maximum atomic E-state index is 14.2. The molecule has 27 heavy (non-hydrogen) atoms. The minimum absolute atomic E-state index is 0.139. The lowest BCUT2D eigenvalue weighted by Crippen LogP contribution is -2.60. The van der Waals surface area contributed by atoms with Gasteiger partial charge in [-0.25, -0.2) is 0 Å². The van der Waals surface area contributed by atoms with Gasteiger partial charge in [-0.2, -0.15) is 35.1 Å². The highest BCUT2D eigenvalue weighted by Gasteiger charge is 2.80. The molecule has 0 fully saturated rings. The van der Waals surface area contributed by atoms with E-state index < -0.39 is 35.5 Å². The highest BCUT2D eigenvalue weighted by Crippen LogP contribution is 2.56. The molecule has 0 saturated heterocycles. The SMILES string of the molecule is FC(F)(Cl)C(F)(F)C(F)(F)C(F)(F)CC(c1ccccc1)c1ccccc1. The molecule has 0 spiro atoms. The standard InChI is InChI=1S/C18H13ClF8/c19-18(26,27)17(24,25)16(22,23)15(20,21)11-14(12-7-3-1-4-8-12)13-9-5-2-6-10-13/h1-10,14H,11H2. The van der Waals surface area contributed by atoms with E-state index in [2.05, 4.69) is 11.6 Å². The Morgan fingerprint density at radius 2 is 1.00 bits per heavy atom. The number of halogens is 9. The van der Waals surface area contributed by atoms with E-state index in [9.17, 15) is 35.1 Å². The molecule has 2 aromatic carbocycles. The Morgan fingerprint density at radius 1 is 0.630 bits per heavy atom. The molecule has 0 N–H and O–H groups in total. The summed E-state index contributed by atoms with van der Waals surface area (Å²) in [5.74, 6) is -19.8. The third kappa shape index (κ3) is 4.05. The number of benzene rings is 2. The summed E-state index contributed by atoms with van der Waals surface area (Å²) in [5.41, 5.74) is 0.278. The lowest BCUT2D eigenvalue weighted by molar-refractivity contribution is -0.349. The Kier molecular flexibility index (Phi) is 5.80. The van der Waals surface area contributed by atoms with E-state index in [1.807, 2.05) is 0 Å². The summed E-state index contributed by atoms with van der Waals surface area (Å²) >= 11 is 3.99. The fourth-order valence-corrected chi connectivity index (χ4v) is 2.71. The average Bonchev–Trinajstić information content (AvgIpc) is 2.60. The lowest BCUT2D eigenvalue weighted by Gasteiger charge is -2.36. The molecule has 9 heteroatoms. The number of rotatable bonds is 7. The molecule has 0 aliphatic rings. The second kappa shape index (κ2) is 7.30. The van der Waals surface area contributed by atoms with Gasteiger partial charge in [-0.3, -0.25) is 0 Å². The second-order valence-corrected chi connectivity index (χ2v) is 6.40. The van der Waals surface area contributed by atoms with E-state index >= 15 is 0 Å². The highest BCUT2D eigenvalue weighted by atomic mass is 35.5. The van der Waals surface area contributed by atoms with Gasteiger partial charge in [-0.1, -0.05) is 60.7 Å². The van der Waals surface area contributed by atoms with Gasteiger partial charge in [0, 0.05) is 12.3 Å². The van der Waals surface area contributed by atoms with Gasteiger partial charge in [0.2, 0.25) is 0 Å². The summed E-state index contributed by atoms with van der Waals surface area (Å²) in [7, 11) is 0. The van der Waals surface area contributed by atoms with Crippen LogP contribution in [-0.4, -0.2) is 23.1 Å². The predicted octanol–water partition coefficient (Wildman–Crippen LogP) is 6.95. The van der Waals surface area contributed by atoms with E-state index in [1.54, 1.807) is 12.1 Å². The molecular formula is C18H13ClF8. The highest BCUT2D eigenvalue weighted by molar-refractivity contribution is 6.22. The first-order valence-corrected chi connectivity index (χ1v) is 7.99. The third-order valence-corrected chi connectivity index (χ3v) is 4.31. The molecule has 0 bridgehead atoms. The maximum absolute atomic E-state index is 14.2. The van der Waals surface area contributed by atoms with Crippen molar-refractivity contribution in [3.63, 3.8) is 0 Å². The van der Waals surface area contributed by atoms with Crippen molar-refractivity contribution in [2.24, 2.45) is 0 Å². The molecule has 0 unspecified atom stereocenters. The molecule has 0 nitrogen and oxygen atoms in total. The summed E-state index contributed by atoms with van der Waals surface area (Å²) in [6.07, 6.45) is -1.82. The van der Waals surface area contributed by atoms with Crippen molar-refractivity contribution in [3.8, 4) is 0 Å².